The van der Waals surface area contributed by atoms with Crippen molar-refractivity contribution in [3.63, 3.8) is 0 Å². The predicted molar refractivity (Wildman–Crippen MR) is 113 cm³/mol. The van der Waals surface area contributed by atoms with Gasteiger partial charge in [-0.15, -0.1) is 0 Å². The summed E-state index contributed by atoms with van der Waals surface area (Å²) in [5.41, 5.74) is 0.667. The number of likely N-dealkylation sites (tertiary alicyclic amines) is 1. The number of H-pyrrole nitrogens is 1. The number of benzene rings is 1. The molecule has 8 heteroatoms. The van der Waals surface area contributed by atoms with Crippen molar-refractivity contribution in [2.45, 2.75) is 50.0 Å². The second kappa shape index (κ2) is 8.07. The molecule has 1 aliphatic carbocycles. The van der Waals surface area contributed by atoms with Crippen LogP contribution in [0, 0.1) is 12.8 Å². The Balaban J connectivity index is 1.35. The van der Waals surface area contributed by atoms with Crippen LogP contribution in [0.5, 0.6) is 0 Å². The van der Waals surface area contributed by atoms with Gasteiger partial charge in [0, 0.05) is 32.2 Å². The molecule has 2 atom stereocenters. The molecule has 5 rings (SSSR count). The number of aromatic nitrogens is 3. The van der Waals surface area contributed by atoms with E-state index in [1.54, 1.807) is 0 Å². The van der Waals surface area contributed by atoms with E-state index in [1.807, 2.05) is 42.2 Å². The summed E-state index contributed by atoms with van der Waals surface area (Å²) in [5, 5.41) is 10.5. The molecule has 164 valence electrons. The standard InChI is InChI=1S/C23H29N5O3/c1-15-24-20(27-26-15)18-13-28(14-19(18)25-21(29)16-7-11-31-12-8-16)22(30)23(9-10-23)17-5-3-2-4-6-17/h2-6,16,18-19H,7-14H2,1H3,(H,25,29)(H,24,26,27)/t18-,19-/m1/s1. The molecule has 2 aromatic rings. The third-order valence-corrected chi connectivity index (χ3v) is 6.96. The Hall–Kier alpha value is -2.74. The molecule has 2 N–H and O–H groups in total. The van der Waals surface area contributed by atoms with Crippen LogP contribution in [0.1, 0.15) is 48.8 Å². The quantitative estimate of drug-likeness (QED) is 0.762. The third kappa shape index (κ3) is 3.84. The van der Waals surface area contributed by atoms with Crippen molar-refractivity contribution in [1.29, 1.82) is 0 Å². The molecule has 0 radical (unpaired) electrons. The fourth-order valence-electron chi connectivity index (χ4n) is 4.97. The fourth-order valence-corrected chi connectivity index (χ4v) is 4.97. The minimum atomic E-state index is -0.416. The number of aromatic amines is 1. The number of carbonyl (C=O) groups is 2. The predicted octanol–water partition coefficient (Wildman–Crippen LogP) is 1.68. The van der Waals surface area contributed by atoms with E-state index in [-0.39, 0.29) is 29.7 Å². The maximum Gasteiger partial charge on any atom is 0.233 e. The molecule has 1 saturated carbocycles. The Labute approximate surface area is 181 Å². The van der Waals surface area contributed by atoms with Gasteiger partial charge in [0.2, 0.25) is 11.8 Å². The van der Waals surface area contributed by atoms with Gasteiger partial charge in [0.1, 0.15) is 5.82 Å². The summed E-state index contributed by atoms with van der Waals surface area (Å²) in [6, 6.07) is 9.85. The van der Waals surface area contributed by atoms with Gasteiger partial charge in [-0.25, -0.2) is 4.98 Å². The molecule has 2 aliphatic heterocycles. The lowest BCUT2D eigenvalue weighted by molar-refractivity contribution is -0.133. The number of nitrogens with one attached hydrogen (secondary N) is 2. The first-order chi connectivity index (χ1) is 15.1. The van der Waals surface area contributed by atoms with Crippen LogP contribution in [0.2, 0.25) is 0 Å². The maximum absolute atomic E-state index is 13.6. The molecule has 3 fully saturated rings. The highest BCUT2D eigenvalue weighted by atomic mass is 16.5. The lowest BCUT2D eigenvalue weighted by atomic mass is 9.94. The monoisotopic (exact) mass is 423 g/mol. The summed E-state index contributed by atoms with van der Waals surface area (Å²) in [6.45, 7) is 4.11. The van der Waals surface area contributed by atoms with Crippen LogP contribution in [-0.4, -0.2) is 64.2 Å². The molecule has 8 nitrogen and oxygen atoms in total. The Bertz CT molecular complexity index is 949. The van der Waals surface area contributed by atoms with Gasteiger partial charge in [-0.05, 0) is 38.2 Å². The molecular formula is C23H29N5O3. The van der Waals surface area contributed by atoms with E-state index in [1.165, 1.54) is 0 Å². The molecule has 0 unspecified atom stereocenters. The van der Waals surface area contributed by atoms with Gasteiger partial charge in [0.25, 0.3) is 0 Å². The van der Waals surface area contributed by atoms with E-state index in [9.17, 15) is 9.59 Å². The molecule has 1 aromatic carbocycles. The Morgan fingerprint density at radius 3 is 2.55 bits per heavy atom. The summed E-state index contributed by atoms with van der Waals surface area (Å²) in [4.78, 5) is 32.9. The average Bonchev–Trinajstić information content (AvgIpc) is 3.35. The van der Waals surface area contributed by atoms with Gasteiger partial charge < -0.3 is 15.0 Å². The van der Waals surface area contributed by atoms with Crippen LogP contribution >= 0.6 is 0 Å². The van der Waals surface area contributed by atoms with Crippen molar-refractivity contribution in [2.75, 3.05) is 26.3 Å². The molecule has 0 spiro atoms. The van der Waals surface area contributed by atoms with Gasteiger partial charge in [0.15, 0.2) is 5.82 Å². The molecule has 31 heavy (non-hydrogen) atoms. The Morgan fingerprint density at radius 1 is 1.16 bits per heavy atom. The SMILES string of the molecule is Cc1nc([C@@H]2CN(C(=O)C3(c4ccccc4)CC3)C[C@H]2NC(=O)C2CCOCC2)n[nH]1. The highest BCUT2D eigenvalue weighted by Gasteiger charge is 2.55. The fraction of sp³-hybridized carbons (Fsp3) is 0.565. The van der Waals surface area contributed by atoms with E-state index in [4.69, 9.17) is 4.74 Å². The van der Waals surface area contributed by atoms with Crippen molar-refractivity contribution in [3.8, 4) is 0 Å². The molecule has 2 amide bonds. The summed E-state index contributed by atoms with van der Waals surface area (Å²) in [5.74, 6) is 1.44. The third-order valence-electron chi connectivity index (χ3n) is 6.96. The lowest BCUT2D eigenvalue weighted by Crippen LogP contribution is -2.45. The van der Waals surface area contributed by atoms with Crippen molar-refractivity contribution >= 4 is 11.8 Å². The lowest BCUT2D eigenvalue weighted by Gasteiger charge is -2.25. The smallest absolute Gasteiger partial charge is 0.233 e. The van der Waals surface area contributed by atoms with Crippen molar-refractivity contribution in [2.24, 2.45) is 5.92 Å². The number of amides is 2. The zero-order valence-corrected chi connectivity index (χ0v) is 17.8. The number of hydrogen-bond acceptors (Lipinski definition) is 5. The first kappa shape index (κ1) is 20.2. The first-order valence-electron chi connectivity index (χ1n) is 11.2. The first-order valence-corrected chi connectivity index (χ1v) is 11.2. The topological polar surface area (TPSA) is 100 Å². The highest BCUT2D eigenvalue weighted by molar-refractivity contribution is 5.91. The van der Waals surface area contributed by atoms with E-state index in [0.29, 0.717) is 32.1 Å². The van der Waals surface area contributed by atoms with Gasteiger partial charge in [0.05, 0.1) is 17.4 Å². The number of ether oxygens (including phenoxy) is 1. The zero-order valence-electron chi connectivity index (χ0n) is 17.8. The van der Waals surface area contributed by atoms with E-state index in [2.05, 4.69) is 20.5 Å². The summed E-state index contributed by atoms with van der Waals surface area (Å²) in [6.07, 6.45) is 3.22. The van der Waals surface area contributed by atoms with Gasteiger partial charge >= 0.3 is 0 Å². The van der Waals surface area contributed by atoms with Crippen molar-refractivity contribution < 1.29 is 14.3 Å². The summed E-state index contributed by atoms with van der Waals surface area (Å²) >= 11 is 0. The Kier molecular flexibility index (Phi) is 5.25. The largest absolute Gasteiger partial charge is 0.381 e. The van der Waals surface area contributed by atoms with Crippen molar-refractivity contribution in [1.82, 2.24) is 25.4 Å². The van der Waals surface area contributed by atoms with Gasteiger partial charge in [-0.2, -0.15) is 5.10 Å². The molecular weight excluding hydrogens is 394 g/mol. The number of nitrogens with zero attached hydrogens (tertiary/aromatic N) is 3. The molecule has 3 heterocycles. The van der Waals surface area contributed by atoms with Crippen LogP contribution in [-0.2, 0) is 19.7 Å². The van der Waals surface area contributed by atoms with Gasteiger partial charge in [-0.3, -0.25) is 14.7 Å². The minimum absolute atomic E-state index is 0.0351. The number of aryl methyl sites for hydroxylation is 1. The zero-order chi connectivity index (χ0) is 21.4. The van der Waals surface area contributed by atoms with Crippen LogP contribution in [0.3, 0.4) is 0 Å². The minimum Gasteiger partial charge on any atom is -0.381 e. The van der Waals surface area contributed by atoms with Crippen LogP contribution in [0.15, 0.2) is 30.3 Å². The number of hydrogen-bond donors (Lipinski definition) is 2. The molecule has 3 aliphatic rings. The molecule has 2 saturated heterocycles. The second-order valence-corrected chi connectivity index (χ2v) is 9.05. The van der Waals surface area contributed by atoms with Gasteiger partial charge in [-0.1, -0.05) is 30.3 Å². The van der Waals surface area contributed by atoms with Crippen molar-refractivity contribution in [3.05, 3.63) is 47.5 Å². The van der Waals surface area contributed by atoms with E-state index < -0.39 is 5.41 Å². The molecule has 0 bridgehead atoms. The van der Waals surface area contributed by atoms with E-state index in [0.717, 1.165) is 37.1 Å². The average molecular weight is 424 g/mol. The Morgan fingerprint density at radius 2 is 1.90 bits per heavy atom. The van der Waals surface area contributed by atoms with Crippen LogP contribution in [0.4, 0.5) is 0 Å². The normalized spacial score (nSPS) is 25.4. The molecule has 1 aromatic heterocycles. The highest BCUT2D eigenvalue weighted by Crippen LogP contribution is 2.50. The maximum atomic E-state index is 13.6. The van der Waals surface area contributed by atoms with E-state index >= 15 is 0 Å². The van der Waals surface area contributed by atoms with Crippen LogP contribution in [0.25, 0.3) is 0 Å². The number of carbonyl (C=O) groups excluding carboxylic acids is 2. The summed E-state index contributed by atoms with van der Waals surface area (Å²) < 4.78 is 5.39. The summed E-state index contributed by atoms with van der Waals surface area (Å²) in [7, 11) is 0. The van der Waals surface area contributed by atoms with Crippen LogP contribution < -0.4 is 5.32 Å². The second-order valence-electron chi connectivity index (χ2n) is 9.05. The number of rotatable bonds is 5.